The molecule has 94 valence electrons. The molecule has 1 atom stereocenters. The van der Waals surface area contributed by atoms with Crippen LogP contribution in [-0.2, 0) is 9.84 Å². The van der Waals surface area contributed by atoms with Gasteiger partial charge in [0.15, 0.2) is 20.8 Å². The van der Waals surface area contributed by atoms with Crippen molar-refractivity contribution >= 4 is 32.9 Å². The van der Waals surface area contributed by atoms with Crippen molar-refractivity contribution in [1.82, 2.24) is 9.97 Å². The smallest absolute Gasteiger partial charge is 0.157 e. The molecule has 3 N–H and O–H groups in total. The van der Waals surface area contributed by atoms with Crippen molar-refractivity contribution in [3.05, 3.63) is 11.5 Å². The molecule has 0 aliphatic carbocycles. The first kappa shape index (κ1) is 12.4. The Hall–Kier alpha value is -1.08. The summed E-state index contributed by atoms with van der Waals surface area (Å²) in [5.74, 6) is 0.626. The number of rotatable bonds is 2. The van der Waals surface area contributed by atoms with Gasteiger partial charge in [-0.25, -0.2) is 18.4 Å². The maximum atomic E-state index is 11.5. The molecule has 0 bridgehead atoms. The molecular weight excluding hydrogens is 264 g/mol. The summed E-state index contributed by atoms with van der Waals surface area (Å²) in [6.45, 7) is 1.83. The number of nitrogen functional groups attached to an aromatic ring is 1. The highest BCUT2D eigenvalue weighted by Crippen LogP contribution is 2.30. The minimum Gasteiger partial charge on any atom is -0.393 e. The van der Waals surface area contributed by atoms with Crippen molar-refractivity contribution in [3.8, 4) is 0 Å². The fourth-order valence-corrected chi connectivity index (χ4v) is 4.09. The van der Waals surface area contributed by atoms with E-state index in [1.807, 2.05) is 6.92 Å². The lowest BCUT2D eigenvalue weighted by Crippen LogP contribution is -2.36. The fourth-order valence-electron chi connectivity index (χ4n) is 1.87. The minimum absolute atomic E-state index is 0.0705. The molecule has 1 aromatic heterocycles. The zero-order valence-corrected chi connectivity index (χ0v) is 10.8. The second-order valence-electron chi connectivity index (χ2n) is 4.45. The van der Waals surface area contributed by atoms with Gasteiger partial charge in [0.1, 0.15) is 12.0 Å². The molecule has 1 aliphatic rings. The summed E-state index contributed by atoms with van der Waals surface area (Å²) >= 11 is 5.77. The molecule has 0 amide bonds. The van der Waals surface area contributed by atoms with Gasteiger partial charge in [-0.1, -0.05) is 11.6 Å². The third kappa shape index (κ3) is 2.61. The standard InChI is InChI=1S/C9H13ClN4O2S/c1-9(2-3-17(15,16)4-9)14-8-6(11)7(10)12-5-13-8/h5H,2-4,11H2,1H3,(H,12,13,14). The molecular formula is C9H13ClN4O2S. The molecule has 0 saturated carbocycles. The summed E-state index contributed by atoms with van der Waals surface area (Å²) in [5.41, 5.74) is 5.40. The van der Waals surface area contributed by atoms with Crippen molar-refractivity contribution in [2.24, 2.45) is 0 Å². The van der Waals surface area contributed by atoms with E-state index in [2.05, 4.69) is 15.3 Å². The predicted octanol–water partition coefficient (Wildman–Crippen LogP) is 0.701. The molecule has 0 aromatic carbocycles. The topological polar surface area (TPSA) is 98.0 Å². The molecule has 1 fully saturated rings. The van der Waals surface area contributed by atoms with Crippen LogP contribution in [0.15, 0.2) is 6.33 Å². The zero-order chi connectivity index (χ0) is 12.7. The lowest BCUT2D eigenvalue weighted by atomic mass is 10.0. The van der Waals surface area contributed by atoms with E-state index in [-0.39, 0.29) is 22.3 Å². The van der Waals surface area contributed by atoms with Crippen LogP contribution < -0.4 is 11.1 Å². The molecule has 1 unspecified atom stereocenters. The maximum Gasteiger partial charge on any atom is 0.157 e. The lowest BCUT2D eigenvalue weighted by molar-refractivity contribution is 0.572. The monoisotopic (exact) mass is 276 g/mol. The van der Waals surface area contributed by atoms with Crippen molar-refractivity contribution < 1.29 is 8.42 Å². The maximum absolute atomic E-state index is 11.5. The van der Waals surface area contributed by atoms with Crippen LogP contribution in [0, 0.1) is 0 Å². The summed E-state index contributed by atoms with van der Waals surface area (Å²) in [5, 5.41) is 3.20. The number of nitrogens with zero attached hydrogens (tertiary/aromatic N) is 2. The van der Waals surface area contributed by atoms with Gasteiger partial charge in [-0.2, -0.15) is 0 Å². The highest BCUT2D eigenvalue weighted by atomic mass is 35.5. The van der Waals surface area contributed by atoms with Crippen LogP contribution in [0.25, 0.3) is 0 Å². The van der Waals surface area contributed by atoms with Crippen molar-refractivity contribution in [3.63, 3.8) is 0 Å². The number of sulfone groups is 1. The number of halogens is 1. The summed E-state index contributed by atoms with van der Waals surface area (Å²) in [6.07, 6.45) is 1.81. The average Bonchev–Trinajstić information content (AvgIpc) is 2.49. The van der Waals surface area contributed by atoms with Crippen LogP contribution in [0.2, 0.25) is 5.15 Å². The van der Waals surface area contributed by atoms with Gasteiger partial charge in [0, 0.05) is 0 Å². The van der Waals surface area contributed by atoms with E-state index < -0.39 is 15.4 Å². The first-order chi connectivity index (χ1) is 7.81. The molecule has 17 heavy (non-hydrogen) atoms. The average molecular weight is 277 g/mol. The Morgan fingerprint density at radius 2 is 2.24 bits per heavy atom. The van der Waals surface area contributed by atoms with Crippen LogP contribution >= 0.6 is 11.6 Å². The van der Waals surface area contributed by atoms with Crippen molar-refractivity contribution in [1.29, 1.82) is 0 Å². The number of hydrogen-bond acceptors (Lipinski definition) is 6. The third-order valence-electron chi connectivity index (χ3n) is 2.76. The van der Waals surface area contributed by atoms with Crippen LogP contribution in [-0.4, -0.2) is 35.4 Å². The van der Waals surface area contributed by atoms with Crippen molar-refractivity contribution in [2.45, 2.75) is 18.9 Å². The molecule has 1 aliphatic heterocycles. The second-order valence-corrected chi connectivity index (χ2v) is 7.00. The molecule has 2 heterocycles. The number of nitrogens with two attached hydrogens (primary N) is 1. The molecule has 0 spiro atoms. The van der Waals surface area contributed by atoms with Crippen LogP contribution in [0.3, 0.4) is 0 Å². The second kappa shape index (κ2) is 3.99. The molecule has 0 radical (unpaired) electrons. The van der Waals surface area contributed by atoms with Gasteiger partial charge in [0.05, 0.1) is 17.0 Å². The Labute approximate surface area is 105 Å². The molecule has 8 heteroatoms. The van der Waals surface area contributed by atoms with Gasteiger partial charge in [-0.05, 0) is 13.3 Å². The molecule has 6 nitrogen and oxygen atoms in total. The van der Waals surface area contributed by atoms with Crippen LogP contribution in [0.1, 0.15) is 13.3 Å². The van der Waals surface area contributed by atoms with E-state index in [1.165, 1.54) is 6.33 Å². The molecule has 1 aromatic rings. The molecule has 2 rings (SSSR count). The van der Waals surface area contributed by atoms with E-state index in [1.54, 1.807) is 0 Å². The number of hydrogen-bond donors (Lipinski definition) is 2. The fraction of sp³-hybridized carbons (Fsp3) is 0.556. The van der Waals surface area contributed by atoms with Gasteiger partial charge in [0.2, 0.25) is 0 Å². The summed E-state index contributed by atoms with van der Waals surface area (Å²) in [6, 6.07) is 0. The largest absolute Gasteiger partial charge is 0.393 e. The number of nitrogens with one attached hydrogen (secondary N) is 1. The van der Waals surface area contributed by atoms with E-state index in [0.29, 0.717) is 12.2 Å². The zero-order valence-electron chi connectivity index (χ0n) is 9.27. The Morgan fingerprint density at radius 1 is 1.53 bits per heavy atom. The SMILES string of the molecule is CC1(Nc2ncnc(Cl)c2N)CCS(=O)(=O)C1. The van der Waals surface area contributed by atoms with Gasteiger partial charge >= 0.3 is 0 Å². The Kier molecular flexibility index (Phi) is 2.90. The summed E-state index contributed by atoms with van der Waals surface area (Å²) < 4.78 is 22.9. The normalized spacial score (nSPS) is 26.9. The quantitative estimate of drug-likeness (QED) is 0.772. The highest BCUT2D eigenvalue weighted by Gasteiger charge is 2.38. The van der Waals surface area contributed by atoms with Gasteiger partial charge in [0.25, 0.3) is 0 Å². The van der Waals surface area contributed by atoms with Crippen LogP contribution in [0.4, 0.5) is 11.5 Å². The summed E-state index contributed by atoms with van der Waals surface area (Å²) in [4.78, 5) is 7.71. The van der Waals surface area contributed by atoms with Gasteiger partial charge in [-0.15, -0.1) is 0 Å². The number of aromatic nitrogens is 2. The van der Waals surface area contributed by atoms with E-state index >= 15 is 0 Å². The van der Waals surface area contributed by atoms with Crippen LogP contribution in [0.5, 0.6) is 0 Å². The highest BCUT2D eigenvalue weighted by molar-refractivity contribution is 7.91. The van der Waals surface area contributed by atoms with Crippen molar-refractivity contribution in [2.75, 3.05) is 22.6 Å². The van der Waals surface area contributed by atoms with Gasteiger partial charge < -0.3 is 11.1 Å². The summed E-state index contributed by atoms with van der Waals surface area (Å²) in [7, 11) is -2.98. The van der Waals surface area contributed by atoms with Gasteiger partial charge in [-0.3, -0.25) is 0 Å². The Balaban J connectivity index is 2.25. The van der Waals surface area contributed by atoms with E-state index in [4.69, 9.17) is 17.3 Å². The Bertz CT molecular complexity index is 548. The Morgan fingerprint density at radius 3 is 2.82 bits per heavy atom. The lowest BCUT2D eigenvalue weighted by Gasteiger charge is -2.25. The van der Waals surface area contributed by atoms with E-state index in [9.17, 15) is 8.42 Å². The molecule has 1 saturated heterocycles. The first-order valence-electron chi connectivity index (χ1n) is 5.06. The van der Waals surface area contributed by atoms with E-state index in [0.717, 1.165) is 0 Å². The third-order valence-corrected chi connectivity index (χ3v) is 4.96. The first-order valence-corrected chi connectivity index (χ1v) is 7.26. The number of anilines is 2. The predicted molar refractivity (Wildman–Crippen MR) is 66.8 cm³/mol. The minimum atomic E-state index is -2.98.